The summed E-state index contributed by atoms with van der Waals surface area (Å²) in [4.78, 5) is 23.1. The summed E-state index contributed by atoms with van der Waals surface area (Å²) < 4.78 is 6.00. The molecule has 1 amide bonds. The predicted octanol–water partition coefficient (Wildman–Crippen LogP) is 3.69. The minimum absolute atomic E-state index is 0.00805. The second-order valence-electron chi connectivity index (χ2n) is 6.72. The van der Waals surface area contributed by atoms with E-state index in [9.17, 15) is 4.79 Å². The van der Waals surface area contributed by atoms with Crippen LogP contribution in [0, 0.1) is 0 Å². The van der Waals surface area contributed by atoms with Gasteiger partial charge in [0.15, 0.2) is 0 Å². The van der Waals surface area contributed by atoms with Crippen molar-refractivity contribution in [1.29, 1.82) is 0 Å². The van der Waals surface area contributed by atoms with Gasteiger partial charge in [-0.1, -0.05) is 18.2 Å². The number of carbonyl (C=O) groups excluding carboxylic acids is 1. The Balaban J connectivity index is 1.25. The highest BCUT2D eigenvalue weighted by atomic mass is 16.5. The zero-order valence-corrected chi connectivity index (χ0v) is 14.6. The summed E-state index contributed by atoms with van der Waals surface area (Å²) >= 11 is 0. The van der Waals surface area contributed by atoms with Gasteiger partial charge in [0.05, 0.1) is 24.1 Å². The largest absolute Gasteiger partial charge is 0.487 e. The molecule has 0 aliphatic carbocycles. The van der Waals surface area contributed by atoms with Gasteiger partial charge >= 0.3 is 0 Å². The lowest BCUT2D eigenvalue weighted by Crippen LogP contribution is -2.56. The Kier molecular flexibility index (Phi) is 3.71. The average Bonchev–Trinajstić information content (AvgIpc) is 2.69. The maximum absolute atomic E-state index is 12.7. The molecule has 5 heteroatoms. The number of nitrogens with zero attached hydrogens (tertiary/aromatic N) is 3. The Labute approximate surface area is 156 Å². The van der Waals surface area contributed by atoms with Gasteiger partial charge in [-0.25, -0.2) is 0 Å². The van der Waals surface area contributed by atoms with E-state index in [4.69, 9.17) is 4.74 Å². The number of carbonyl (C=O) groups is 1. The van der Waals surface area contributed by atoms with Crippen molar-refractivity contribution in [1.82, 2.24) is 14.9 Å². The number of ether oxygens (including phenoxy) is 1. The van der Waals surface area contributed by atoms with Gasteiger partial charge in [-0.3, -0.25) is 14.8 Å². The fraction of sp³-hybridized carbons (Fsp3) is 0.136. The monoisotopic (exact) mass is 355 g/mol. The smallest absolute Gasteiger partial charge is 0.254 e. The highest BCUT2D eigenvalue weighted by Gasteiger charge is 2.33. The Bertz CT molecular complexity index is 1150. The molecule has 0 unspecified atom stereocenters. The molecule has 4 aromatic rings. The molecule has 2 aromatic heterocycles. The van der Waals surface area contributed by atoms with Gasteiger partial charge in [0.2, 0.25) is 0 Å². The topological polar surface area (TPSA) is 55.3 Å². The Morgan fingerprint density at radius 1 is 0.889 bits per heavy atom. The van der Waals surface area contributed by atoms with E-state index in [1.165, 1.54) is 0 Å². The molecule has 3 heterocycles. The number of benzene rings is 2. The van der Waals surface area contributed by atoms with Crippen LogP contribution in [-0.2, 0) is 0 Å². The molecule has 0 bridgehead atoms. The number of hydrogen-bond donors (Lipinski definition) is 0. The summed E-state index contributed by atoms with van der Waals surface area (Å²) in [7, 11) is 0. The van der Waals surface area contributed by atoms with Crippen LogP contribution in [0.1, 0.15) is 10.4 Å². The van der Waals surface area contributed by atoms with Gasteiger partial charge in [0, 0.05) is 34.8 Å². The van der Waals surface area contributed by atoms with E-state index in [1.54, 1.807) is 17.3 Å². The van der Waals surface area contributed by atoms with Gasteiger partial charge in [0.25, 0.3) is 5.91 Å². The molecular formula is C22H17N3O2. The summed E-state index contributed by atoms with van der Waals surface area (Å²) in [5, 5.41) is 2.11. The van der Waals surface area contributed by atoms with Crippen molar-refractivity contribution in [3.63, 3.8) is 0 Å². The second-order valence-corrected chi connectivity index (χ2v) is 6.72. The van der Waals surface area contributed by atoms with Crippen LogP contribution in [0.25, 0.3) is 21.8 Å². The quantitative estimate of drug-likeness (QED) is 0.562. The van der Waals surface area contributed by atoms with Crippen LogP contribution in [0.3, 0.4) is 0 Å². The minimum Gasteiger partial charge on any atom is -0.487 e. The zero-order valence-electron chi connectivity index (χ0n) is 14.6. The number of likely N-dealkylation sites (tertiary alicyclic amines) is 1. The maximum Gasteiger partial charge on any atom is 0.254 e. The van der Waals surface area contributed by atoms with Crippen molar-refractivity contribution in [2.24, 2.45) is 0 Å². The van der Waals surface area contributed by atoms with Gasteiger partial charge in [0.1, 0.15) is 11.9 Å². The van der Waals surface area contributed by atoms with Crippen LogP contribution in [0.5, 0.6) is 5.75 Å². The molecule has 27 heavy (non-hydrogen) atoms. The average molecular weight is 355 g/mol. The minimum atomic E-state index is 0.00805. The van der Waals surface area contributed by atoms with E-state index in [0.717, 1.165) is 27.6 Å². The summed E-state index contributed by atoms with van der Waals surface area (Å²) in [6.07, 6.45) is 3.52. The molecule has 2 aromatic carbocycles. The number of hydrogen-bond acceptors (Lipinski definition) is 4. The summed E-state index contributed by atoms with van der Waals surface area (Å²) in [6, 6.07) is 19.3. The summed E-state index contributed by atoms with van der Waals surface area (Å²) in [6.45, 7) is 1.17. The Hall–Kier alpha value is -3.47. The van der Waals surface area contributed by atoms with Crippen LogP contribution in [-0.4, -0.2) is 40.0 Å². The van der Waals surface area contributed by atoms with Crippen LogP contribution in [0.4, 0.5) is 0 Å². The maximum atomic E-state index is 12.7. The van der Waals surface area contributed by atoms with Crippen LogP contribution in [0.2, 0.25) is 0 Å². The molecule has 0 spiro atoms. The summed E-state index contributed by atoms with van der Waals surface area (Å²) in [5.41, 5.74) is 2.40. The number of fused-ring (bicyclic) bond motifs is 2. The lowest BCUT2D eigenvalue weighted by atomic mass is 10.1. The third-order valence-corrected chi connectivity index (χ3v) is 4.87. The zero-order chi connectivity index (χ0) is 18.2. The van der Waals surface area contributed by atoms with E-state index in [2.05, 4.69) is 9.97 Å². The van der Waals surface area contributed by atoms with Crippen LogP contribution in [0.15, 0.2) is 73.1 Å². The molecular weight excluding hydrogens is 338 g/mol. The molecule has 0 radical (unpaired) electrons. The third kappa shape index (κ3) is 2.97. The molecule has 1 fully saturated rings. The number of pyridine rings is 2. The Morgan fingerprint density at radius 2 is 1.56 bits per heavy atom. The predicted molar refractivity (Wildman–Crippen MR) is 104 cm³/mol. The van der Waals surface area contributed by atoms with Gasteiger partial charge in [-0.15, -0.1) is 0 Å². The second kappa shape index (κ2) is 6.36. The molecule has 0 N–H and O–H groups in total. The molecule has 0 atom stereocenters. The van der Waals surface area contributed by atoms with E-state index in [1.807, 2.05) is 60.7 Å². The molecule has 1 aliphatic heterocycles. The van der Waals surface area contributed by atoms with E-state index < -0.39 is 0 Å². The van der Waals surface area contributed by atoms with Crippen molar-refractivity contribution in [2.75, 3.05) is 13.1 Å². The first-order valence-corrected chi connectivity index (χ1v) is 8.92. The third-order valence-electron chi connectivity index (χ3n) is 4.87. The Morgan fingerprint density at radius 3 is 2.30 bits per heavy atom. The van der Waals surface area contributed by atoms with E-state index >= 15 is 0 Å². The van der Waals surface area contributed by atoms with Crippen LogP contribution >= 0.6 is 0 Å². The fourth-order valence-electron chi connectivity index (χ4n) is 3.37. The number of rotatable bonds is 3. The SMILES string of the molecule is O=C(c1ccc2cccnc2c1)N1CC(Oc2ccc3cccnc3c2)C1. The van der Waals surface area contributed by atoms with Crippen LogP contribution < -0.4 is 4.74 Å². The van der Waals surface area contributed by atoms with Gasteiger partial charge in [-0.05, 0) is 36.4 Å². The normalized spacial score (nSPS) is 14.3. The molecule has 5 nitrogen and oxygen atoms in total. The van der Waals surface area contributed by atoms with E-state index in [-0.39, 0.29) is 12.0 Å². The first-order chi connectivity index (χ1) is 13.3. The standard InChI is InChI=1S/C22H17N3O2/c26-22(17-6-5-15-3-1-9-23-20(15)11-17)25-13-19(14-25)27-18-8-7-16-4-2-10-24-21(16)12-18/h1-12,19H,13-14H2. The molecule has 1 aliphatic rings. The van der Waals surface area contributed by atoms with Gasteiger partial charge < -0.3 is 9.64 Å². The van der Waals surface area contributed by atoms with E-state index in [0.29, 0.717) is 18.7 Å². The fourth-order valence-corrected chi connectivity index (χ4v) is 3.37. The van der Waals surface area contributed by atoms with Crippen molar-refractivity contribution in [2.45, 2.75) is 6.10 Å². The van der Waals surface area contributed by atoms with Crippen molar-refractivity contribution >= 4 is 27.7 Å². The lowest BCUT2D eigenvalue weighted by molar-refractivity contribution is 0.0178. The highest BCUT2D eigenvalue weighted by molar-refractivity contribution is 5.98. The molecule has 5 rings (SSSR count). The molecule has 0 saturated carbocycles. The molecule has 132 valence electrons. The number of aromatic nitrogens is 2. The lowest BCUT2D eigenvalue weighted by Gasteiger charge is -2.39. The number of amides is 1. The van der Waals surface area contributed by atoms with Crippen molar-refractivity contribution in [3.05, 3.63) is 78.6 Å². The molecule has 1 saturated heterocycles. The first kappa shape index (κ1) is 15.8. The summed E-state index contributed by atoms with van der Waals surface area (Å²) in [5.74, 6) is 0.802. The highest BCUT2D eigenvalue weighted by Crippen LogP contribution is 2.24. The van der Waals surface area contributed by atoms with Gasteiger partial charge in [-0.2, -0.15) is 0 Å². The van der Waals surface area contributed by atoms with Crippen molar-refractivity contribution in [3.8, 4) is 5.75 Å². The first-order valence-electron chi connectivity index (χ1n) is 8.92. The van der Waals surface area contributed by atoms with Crippen molar-refractivity contribution < 1.29 is 9.53 Å².